The monoisotopic (exact) mass is 300 g/mol. The lowest BCUT2D eigenvalue weighted by Crippen LogP contribution is -2.48. The summed E-state index contributed by atoms with van der Waals surface area (Å²) in [5.41, 5.74) is 1.17. The highest BCUT2D eigenvalue weighted by Gasteiger charge is 2.25. The highest BCUT2D eigenvalue weighted by molar-refractivity contribution is 9.10. The summed E-state index contributed by atoms with van der Waals surface area (Å²) in [6.07, 6.45) is 3.59. The zero-order valence-electron chi connectivity index (χ0n) is 9.84. The second-order valence-corrected chi connectivity index (χ2v) is 5.34. The Kier molecular flexibility index (Phi) is 4.50. The quantitative estimate of drug-likeness (QED) is 0.917. The summed E-state index contributed by atoms with van der Waals surface area (Å²) in [6, 6.07) is 2.44. The van der Waals surface area contributed by atoms with Gasteiger partial charge in [-0.15, -0.1) is 0 Å². The van der Waals surface area contributed by atoms with Crippen molar-refractivity contribution in [3.63, 3.8) is 0 Å². The molecule has 1 saturated heterocycles. The predicted octanol–water partition coefficient (Wildman–Crippen LogP) is 1.43. The molecular formula is C12H17BrN2O2. The first-order valence-corrected chi connectivity index (χ1v) is 6.54. The Morgan fingerprint density at radius 2 is 2.41 bits per heavy atom. The van der Waals surface area contributed by atoms with E-state index in [0.717, 1.165) is 17.6 Å². The van der Waals surface area contributed by atoms with E-state index in [1.54, 1.807) is 6.20 Å². The van der Waals surface area contributed by atoms with Gasteiger partial charge in [-0.3, -0.25) is 9.88 Å². The maximum Gasteiger partial charge on any atom is 0.0933 e. The molecule has 0 aliphatic carbocycles. The van der Waals surface area contributed by atoms with Crippen molar-refractivity contribution < 1.29 is 9.84 Å². The number of halogens is 1. The van der Waals surface area contributed by atoms with E-state index in [1.165, 1.54) is 5.56 Å². The molecule has 1 aromatic rings. The molecule has 0 amide bonds. The van der Waals surface area contributed by atoms with E-state index in [2.05, 4.69) is 38.8 Å². The number of rotatable bonds is 3. The van der Waals surface area contributed by atoms with Crippen LogP contribution >= 0.6 is 15.9 Å². The first-order chi connectivity index (χ1) is 8.19. The van der Waals surface area contributed by atoms with Crippen LogP contribution in [0.5, 0.6) is 0 Å². The first kappa shape index (κ1) is 13.0. The third kappa shape index (κ3) is 3.48. The predicted molar refractivity (Wildman–Crippen MR) is 68.6 cm³/mol. The highest BCUT2D eigenvalue weighted by atomic mass is 79.9. The summed E-state index contributed by atoms with van der Waals surface area (Å²) in [6.45, 7) is 4.50. The minimum Gasteiger partial charge on any atom is -0.394 e. The lowest BCUT2D eigenvalue weighted by molar-refractivity contribution is -0.0805. The number of aliphatic hydroxyl groups excluding tert-OH is 1. The smallest absolute Gasteiger partial charge is 0.0933 e. The van der Waals surface area contributed by atoms with Gasteiger partial charge in [-0.05, 0) is 34.5 Å². The third-order valence-corrected chi connectivity index (χ3v) is 3.42. The van der Waals surface area contributed by atoms with Crippen LogP contribution in [0.3, 0.4) is 0 Å². The van der Waals surface area contributed by atoms with Crippen molar-refractivity contribution in [1.29, 1.82) is 0 Å². The molecule has 1 fully saturated rings. The van der Waals surface area contributed by atoms with Crippen molar-refractivity contribution in [1.82, 2.24) is 9.88 Å². The Morgan fingerprint density at radius 1 is 1.59 bits per heavy atom. The van der Waals surface area contributed by atoms with Crippen LogP contribution in [0.25, 0.3) is 0 Å². The molecule has 0 radical (unpaired) electrons. The minimum absolute atomic E-state index is 0.0636. The largest absolute Gasteiger partial charge is 0.394 e. The maximum atomic E-state index is 9.13. The van der Waals surface area contributed by atoms with Crippen LogP contribution in [0.4, 0.5) is 0 Å². The van der Waals surface area contributed by atoms with Crippen molar-refractivity contribution in [2.24, 2.45) is 0 Å². The number of ether oxygens (including phenoxy) is 1. The van der Waals surface area contributed by atoms with Crippen molar-refractivity contribution in [2.45, 2.75) is 25.6 Å². The summed E-state index contributed by atoms with van der Waals surface area (Å²) in [7, 11) is 0. The third-order valence-electron chi connectivity index (χ3n) is 2.99. The van der Waals surface area contributed by atoms with E-state index in [1.807, 2.05) is 6.20 Å². The standard InChI is InChI=1S/C12H17BrN2O2/c1-9-8-17-12(7-16)6-15(9)5-10-2-11(13)4-14-3-10/h2-4,9,12,16H,5-8H2,1H3. The average Bonchev–Trinajstić information content (AvgIpc) is 2.32. The zero-order valence-corrected chi connectivity index (χ0v) is 11.4. The van der Waals surface area contributed by atoms with E-state index >= 15 is 0 Å². The highest BCUT2D eigenvalue weighted by Crippen LogP contribution is 2.17. The van der Waals surface area contributed by atoms with Crippen LogP contribution in [-0.4, -0.2) is 46.9 Å². The Labute approximate surface area is 110 Å². The molecule has 1 aliphatic rings. The number of aliphatic hydroxyl groups is 1. The number of morpholine rings is 1. The van der Waals surface area contributed by atoms with Gasteiger partial charge in [0, 0.05) is 36.0 Å². The molecule has 1 N–H and O–H groups in total. The molecule has 2 unspecified atom stereocenters. The van der Waals surface area contributed by atoms with Crippen LogP contribution in [0.15, 0.2) is 22.9 Å². The number of hydrogen-bond acceptors (Lipinski definition) is 4. The molecular weight excluding hydrogens is 284 g/mol. The van der Waals surface area contributed by atoms with Gasteiger partial charge >= 0.3 is 0 Å². The number of nitrogens with zero attached hydrogens (tertiary/aromatic N) is 2. The molecule has 0 aromatic carbocycles. The molecule has 1 aromatic heterocycles. The average molecular weight is 301 g/mol. The lowest BCUT2D eigenvalue weighted by Gasteiger charge is -2.37. The maximum absolute atomic E-state index is 9.13. The molecule has 0 bridgehead atoms. The van der Waals surface area contributed by atoms with Crippen LogP contribution in [-0.2, 0) is 11.3 Å². The van der Waals surface area contributed by atoms with Gasteiger partial charge in [0.05, 0.1) is 19.3 Å². The fraction of sp³-hybridized carbons (Fsp3) is 0.583. The summed E-state index contributed by atoms with van der Waals surface area (Å²) >= 11 is 3.42. The van der Waals surface area contributed by atoms with E-state index < -0.39 is 0 Å². The molecule has 2 rings (SSSR count). The van der Waals surface area contributed by atoms with Crippen molar-refractivity contribution >= 4 is 15.9 Å². The summed E-state index contributed by atoms with van der Waals surface area (Å²) in [4.78, 5) is 6.47. The molecule has 2 atom stereocenters. The van der Waals surface area contributed by atoms with Gasteiger partial charge in [-0.2, -0.15) is 0 Å². The van der Waals surface area contributed by atoms with Crippen LogP contribution < -0.4 is 0 Å². The van der Waals surface area contributed by atoms with Gasteiger partial charge < -0.3 is 9.84 Å². The van der Waals surface area contributed by atoms with Gasteiger partial charge in [-0.25, -0.2) is 0 Å². The van der Waals surface area contributed by atoms with E-state index in [-0.39, 0.29) is 12.7 Å². The van der Waals surface area contributed by atoms with Gasteiger partial charge in [0.15, 0.2) is 0 Å². The zero-order chi connectivity index (χ0) is 12.3. The molecule has 2 heterocycles. The molecule has 1 aliphatic heterocycles. The normalized spacial score (nSPS) is 26.1. The van der Waals surface area contributed by atoms with Crippen LogP contribution in [0.1, 0.15) is 12.5 Å². The van der Waals surface area contributed by atoms with E-state index in [9.17, 15) is 0 Å². The van der Waals surface area contributed by atoms with Crippen molar-refractivity contribution in [3.8, 4) is 0 Å². The Balaban J connectivity index is 2.01. The fourth-order valence-electron chi connectivity index (χ4n) is 1.98. The Bertz CT molecular complexity index is 375. The lowest BCUT2D eigenvalue weighted by atomic mass is 10.1. The van der Waals surface area contributed by atoms with Crippen molar-refractivity contribution in [3.05, 3.63) is 28.5 Å². The second kappa shape index (κ2) is 5.91. The topological polar surface area (TPSA) is 45.6 Å². The van der Waals surface area contributed by atoms with Gasteiger partial charge in [0.1, 0.15) is 0 Å². The van der Waals surface area contributed by atoms with Crippen LogP contribution in [0.2, 0.25) is 0 Å². The summed E-state index contributed by atoms with van der Waals surface area (Å²) in [5.74, 6) is 0. The molecule has 0 saturated carbocycles. The summed E-state index contributed by atoms with van der Waals surface area (Å²) < 4.78 is 6.51. The fourth-order valence-corrected chi connectivity index (χ4v) is 2.39. The van der Waals surface area contributed by atoms with E-state index in [4.69, 9.17) is 9.84 Å². The SMILES string of the molecule is CC1COC(CO)CN1Cc1cncc(Br)c1. The molecule has 94 valence electrons. The van der Waals surface area contributed by atoms with Gasteiger partial charge in [0.25, 0.3) is 0 Å². The number of aromatic nitrogens is 1. The van der Waals surface area contributed by atoms with Crippen LogP contribution in [0, 0.1) is 0 Å². The molecule has 17 heavy (non-hydrogen) atoms. The van der Waals surface area contributed by atoms with E-state index in [0.29, 0.717) is 12.6 Å². The Hall–Kier alpha value is -0.490. The van der Waals surface area contributed by atoms with Gasteiger partial charge in [0.2, 0.25) is 0 Å². The number of hydrogen-bond donors (Lipinski definition) is 1. The van der Waals surface area contributed by atoms with Gasteiger partial charge in [-0.1, -0.05) is 0 Å². The molecule has 4 nitrogen and oxygen atoms in total. The minimum atomic E-state index is -0.0636. The Morgan fingerprint density at radius 3 is 3.12 bits per heavy atom. The second-order valence-electron chi connectivity index (χ2n) is 4.43. The summed E-state index contributed by atoms with van der Waals surface area (Å²) in [5, 5.41) is 9.13. The first-order valence-electron chi connectivity index (χ1n) is 5.75. The number of pyridine rings is 1. The molecule has 0 spiro atoms. The molecule has 5 heteroatoms. The van der Waals surface area contributed by atoms with Crippen molar-refractivity contribution in [2.75, 3.05) is 19.8 Å².